The van der Waals surface area contributed by atoms with Crippen molar-refractivity contribution in [2.45, 2.75) is 6.42 Å². The first-order chi connectivity index (χ1) is 13.3. The Hall–Kier alpha value is -3.74. The highest BCUT2D eigenvalue weighted by molar-refractivity contribution is 5.94. The second kappa shape index (κ2) is 7.65. The minimum absolute atomic E-state index is 0.144. The minimum atomic E-state index is -0.144. The molecule has 4 aromatic rings. The summed E-state index contributed by atoms with van der Waals surface area (Å²) in [5, 5.41) is 13.7. The predicted octanol–water partition coefficient (Wildman–Crippen LogP) is 3.10. The van der Waals surface area contributed by atoms with E-state index in [4.69, 9.17) is 4.52 Å². The van der Waals surface area contributed by atoms with Crippen LogP contribution in [0.15, 0.2) is 71.4 Å². The number of hydrogen-bond acceptors (Lipinski definition) is 5. The maximum Gasteiger partial charge on any atom is 0.251 e. The molecule has 0 aliphatic heterocycles. The van der Waals surface area contributed by atoms with Crippen LogP contribution in [-0.4, -0.2) is 32.8 Å². The van der Waals surface area contributed by atoms with Crippen molar-refractivity contribution in [2.75, 3.05) is 6.54 Å². The summed E-state index contributed by atoms with van der Waals surface area (Å²) in [6, 6.07) is 18.8. The predicted molar refractivity (Wildman–Crippen MR) is 99.8 cm³/mol. The molecule has 0 saturated carbocycles. The zero-order chi connectivity index (χ0) is 18.5. The highest BCUT2D eigenvalue weighted by Crippen LogP contribution is 2.17. The van der Waals surface area contributed by atoms with Crippen molar-refractivity contribution in [3.63, 3.8) is 0 Å². The molecular formula is C20H17N5O2. The smallest absolute Gasteiger partial charge is 0.251 e. The molecule has 0 saturated heterocycles. The van der Waals surface area contributed by atoms with Crippen LogP contribution in [0.3, 0.4) is 0 Å². The van der Waals surface area contributed by atoms with Gasteiger partial charge in [0.15, 0.2) is 0 Å². The normalized spacial score (nSPS) is 10.7. The van der Waals surface area contributed by atoms with Gasteiger partial charge in [0.2, 0.25) is 11.7 Å². The van der Waals surface area contributed by atoms with Gasteiger partial charge in [0.1, 0.15) is 0 Å². The Bertz CT molecular complexity index is 1010. The Morgan fingerprint density at radius 3 is 2.56 bits per heavy atom. The molecule has 0 atom stereocenters. The number of carbonyl (C=O) groups is 1. The van der Waals surface area contributed by atoms with Gasteiger partial charge in [-0.2, -0.15) is 10.1 Å². The van der Waals surface area contributed by atoms with E-state index in [-0.39, 0.29) is 5.91 Å². The average Bonchev–Trinajstić information content (AvgIpc) is 3.41. The molecule has 0 spiro atoms. The summed E-state index contributed by atoms with van der Waals surface area (Å²) in [5.41, 5.74) is 3.37. The number of aromatic nitrogens is 4. The molecular weight excluding hydrogens is 342 g/mol. The fraction of sp³-hybridized carbons (Fsp3) is 0.100. The summed E-state index contributed by atoms with van der Waals surface area (Å²) in [6.45, 7) is 0.414. The molecule has 0 aliphatic rings. The van der Waals surface area contributed by atoms with Crippen molar-refractivity contribution in [1.82, 2.24) is 25.7 Å². The molecule has 2 aromatic heterocycles. The lowest BCUT2D eigenvalue weighted by molar-refractivity contribution is 0.0953. The van der Waals surface area contributed by atoms with E-state index >= 15 is 0 Å². The highest BCUT2D eigenvalue weighted by atomic mass is 16.5. The SMILES string of the molecule is O=C(NCCc1nc(-c2ccccc2)no1)c1ccc(-c2ccn[nH]2)cc1. The van der Waals surface area contributed by atoms with Crippen molar-refractivity contribution in [3.05, 3.63) is 78.3 Å². The lowest BCUT2D eigenvalue weighted by atomic mass is 10.1. The maximum atomic E-state index is 12.3. The molecule has 0 bridgehead atoms. The summed E-state index contributed by atoms with van der Waals surface area (Å²) in [7, 11) is 0. The van der Waals surface area contributed by atoms with Gasteiger partial charge < -0.3 is 9.84 Å². The number of benzene rings is 2. The van der Waals surface area contributed by atoms with E-state index < -0.39 is 0 Å². The lowest BCUT2D eigenvalue weighted by Crippen LogP contribution is -2.25. The van der Waals surface area contributed by atoms with Gasteiger partial charge in [-0.1, -0.05) is 47.6 Å². The second-order valence-electron chi connectivity index (χ2n) is 5.93. The number of aromatic amines is 1. The molecule has 4 rings (SSSR count). The first-order valence-corrected chi connectivity index (χ1v) is 8.55. The molecule has 0 unspecified atom stereocenters. The minimum Gasteiger partial charge on any atom is -0.352 e. The van der Waals surface area contributed by atoms with Crippen LogP contribution >= 0.6 is 0 Å². The van der Waals surface area contributed by atoms with E-state index in [9.17, 15) is 4.79 Å². The Kier molecular flexibility index (Phi) is 4.74. The Morgan fingerprint density at radius 2 is 1.81 bits per heavy atom. The van der Waals surface area contributed by atoms with Crippen LogP contribution in [0.5, 0.6) is 0 Å². The summed E-state index contributed by atoms with van der Waals surface area (Å²) in [6.07, 6.45) is 2.16. The van der Waals surface area contributed by atoms with Crippen LogP contribution in [-0.2, 0) is 6.42 Å². The molecule has 0 aliphatic carbocycles. The monoisotopic (exact) mass is 359 g/mol. The zero-order valence-corrected chi connectivity index (χ0v) is 14.4. The summed E-state index contributed by atoms with van der Waals surface area (Å²) in [5.74, 6) is 0.893. The number of nitrogens with zero attached hydrogens (tertiary/aromatic N) is 3. The van der Waals surface area contributed by atoms with Crippen molar-refractivity contribution in [2.24, 2.45) is 0 Å². The van der Waals surface area contributed by atoms with Crippen LogP contribution in [0.1, 0.15) is 16.2 Å². The number of hydrogen-bond donors (Lipinski definition) is 2. The van der Waals surface area contributed by atoms with Crippen molar-refractivity contribution in [3.8, 4) is 22.6 Å². The Labute approximate surface area is 155 Å². The topological polar surface area (TPSA) is 96.7 Å². The van der Waals surface area contributed by atoms with Gasteiger partial charge in [0.25, 0.3) is 5.91 Å². The van der Waals surface area contributed by atoms with Crippen LogP contribution < -0.4 is 5.32 Å². The molecule has 0 fully saturated rings. The van der Waals surface area contributed by atoms with Crippen LogP contribution in [0.25, 0.3) is 22.6 Å². The lowest BCUT2D eigenvalue weighted by Gasteiger charge is -2.04. The summed E-state index contributed by atoms with van der Waals surface area (Å²) in [4.78, 5) is 16.6. The third-order valence-electron chi connectivity index (χ3n) is 4.08. The van der Waals surface area contributed by atoms with Gasteiger partial charge in [-0.25, -0.2) is 0 Å². The number of rotatable bonds is 6. The largest absolute Gasteiger partial charge is 0.352 e. The molecule has 27 heavy (non-hydrogen) atoms. The molecule has 2 N–H and O–H groups in total. The zero-order valence-electron chi connectivity index (χ0n) is 14.4. The fourth-order valence-corrected chi connectivity index (χ4v) is 2.66. The van der Waals surface area contributed by atoms with Gasteiger partial charge >= 0.3 is 0 Å². The standard InChI is InChI=1S/C20H17N5O2/c26-20(16-8-6-14(7-9-16)17-10-13-22-24-17)21-12-11-18-23-19(25-27-18)15-4-2-1-3-5-15/h1-10,13H,11-12H2,(H,21,26)(H,22,24). The number of nitrogens with one attached hydrogen (secondary N) is 2. The second-order valence-corrected chi connectivity index (χ2v) is 5.93. The molecule has 7 nitrogen and oxygen atoms in total. The van der Waals surface area contributed by atoms with Crippen molar-refractivity contribution >= 4 is 5.91 Å². The molecule has 0 radical (unpaired) electrons. The van der Waals surface area contributed by atoms with Crippen LogP contribution in [0.4, 0.5) is 0 Å². The average molecular weight is 359 g/mol. The van der Waals surface area contributed by atoms with Crippen LogP contribution in [0.2, 0.25) is 0 Å². The first kappa shape index (κ1) is 16.7. The molecule has 2 aromatic carbocycles. The number of H-pyrrole nitrogens is 1. The van der Waals surface area contributed by atoms with Gasteiger partial charge in [-0.3, -0.25) is 9.89 Å². The van der Waals surface area contributed by atoms with E-state index in [1.54, 1.807) is 18.3 Å². The summed E-state index contributed by atoms with van der Waals surface area (Å²) < 4.78 is 5.24. The van der Waals surface area contributed by atoms with Gasteiger partial charge in [0.05, 0.1) is 5.69 Å². The van der Waals surface area contributed by atoms with Crippen LogP contribution in [0, 0.1) is 0 Å². The summed E-state index contributed by atoms with van der Waals surface area (Å²) >= 11 is 0. The quantitative estimate of drug-likeness (QED) is 0.551. The maximum absolute atomic E-state index is 12.3. The highest BCUT2D eigenvalue weighted by Gasteiger charge is 2.10. The Balaban J connectivity index is 1.31. The molecule has 134 valence electrons. The van der Waals surface area contributed by atoms with E-state index in [1.165, 1.54) is 0 Å². The van der Waals surface area contributed by atoms with Gasteiger partial charge in [0, 0.05) is 30.3 Å². The van der Waals surface area contributed by atoms with E-state index in [2.05, 4.69) is 25.7 Å². The van der Waals surface area contributed by atoms with E-state index in [1.807, 2.05) is 48.5 Å². The van der Waals surface area contributed by atoms with Crippen molar-refractivity contribution < 1.29 is 9.32 Å². The Morgan fingerprint density at radius 1 is 1.00 bits per heavy atom. The van der Waals surface area contributed by atoms with E-state index in [0.29, 0.717) is 30.2 Å². The van der Waals surface area contributed by atoms with E-state index in [0.717, 1.165) is 16.8 Å². The molecule has 1 amide bonds. The third-order valence-corrected chi connectivity index (χ3v) is 4.08. The van der Waals surface area contributed by atoms with Gasteiger partial charge in [-0.05, 0) is 23.8 Å². The molecule has 7 heteroatoms. The molecule has 2 heterocycles. The van der Waals surface area contributed by atoms with Crippen molar-refractivity contribution in [1.29, 1.82) is 0 Å². The third kappa shape index (κ3) is 3.92. The number of carbonyl (C=O) groups excluding carboxylic acids is 1. The number of amides is 1. The first-order valence-electron chi connectivity index (χ1n) is 8.55. The van der Waals surface area contributed by atoms with Gasteiger partial charge in [-0.15, -0.1) is 0 Å². The fourth-order valence-electron chi connectivity index (χ4n) is 2.66.